The van der Waals surface area contributed by atoms with Crippen LogP contribution in [0.2, 0.25) is 0 Å². The monoisotopic (exact) mass is 299 g/mol. The van der Waals surface area contributed by atoms with Gasteiger partial charge in [0.15, 0.2) is 0 Å². The van der Waals surface area contributed by atoms with Gasteiger partial charge in [-0.25, -0.2) is 8.42 Å². The Bertz CT molecular complexity index is 565. The molecule has 0 spiro atoms. The molecule has 0 amide bonds. The van der Waals surface area contributed by atoms with Gasteiger partial charge < -0.3 is 9.84 Å². The second kappa shape index (κ2) is 6.11. The first-order valence-corrected chi connectivity index (χ1v) is 8.20. The van der Waals surface area contributed by atoms with E-state index in [0.717, 1.165) is 25.7 Å². The fourth-order valence-corrected chi connectivity index (χ4v) is 4.19. The minimum Gasteiger partial charge on any atom is -0.495 e. The number of rotatable bonds is 5. The largest absolute Gasteiger partial charge is 0.495 e. The fraction of sp³-hybridized carbons (Fsp3) is 0.571. The predicted molar refractivity (Wildman–Crippen MR) is 76.1 cm³/mol. The Balaban J connectivity index is 2.37. The van der Waals surface area contributed by atoms with Crippen LogP contribution in [0, 0.1) is 0 Å². The van der Waals surface area contributed by atoms with E-state index in [-0.39, 0.29) is 23.3 Å². The Labute approximate surface area is 120 Å². The SMILES string of the molecule is COc1cc(CO)ccc1S(=O)(=O)N(C)C1CCCC1. The molecule has 20 heavy (non-hydrogen) atoms. The number of aliphatic hydroxyl groups excluding tert-OH is 1. The highest BCUT2D eigenvalue weighted by atomic mass is 32.2. The van der Waals surface area contributed by atoms with E-state index in [0.29, 0.717) is 5.56 Å². The van der Waals surface area contributed by atoms with Gasteiger partial charge >= 0.3 is 0 Å². The molecule has 1 aliphatic carbocycles. The maximum absolute atomic E-state index is 12.7. The summed E-state index contributed by atoms with van der Waals surface area (Å²) in [5.41, 5.74) is 0.629. The molecule has 0 heterocycles. The lowest BCUT2D eigenvalue weighted by molar-refractivity contribution is 0.280. The summed E-state index contributed by atoms with van der Waals surface area (Å²) in [5.74, 6) is 0.279. The summed E-state index contributed by atoms with van der Waals surface area (Å²) in [6.07, 6.45) is 3.97. The normalized spacial score (nSPS) is 16.8. The molecule has 1 N–H and O–H groups in total. The van der Waals surface area contributed by atoms with E-state index >= 15 is 0 Å². The van der Waals surface area contributed by atoms with Crippen LogP contribution in [0.5, 0.6) is 5.75 Å². The summed E-state index contributed by atoms with van der Waals surface area (Å²) in [6, 6.07) is 4.75. The van der Waals surface area contributed by atoms with Crippen molar-refractivity contribution in [1.82, 2.24) is 4.31 Å². The van der Waals surface area contributed by atoms with Gasteiger partial charge in [0.2, 0.25) is 10.0 Å². The fourth-order valence-electron chi connectivity index (χ4n) is 2.64. The number of benzene rings is 1. The van der Waals surface area contributed by atoms with E-state index in [1.807, 2.05) is 0 Å². The van der Waals surface area contributed by atoms with Crippen LogP contribution in [0.1, 0.15) is 31.2 Å². The van der Waals surface area contributed by atoms with E-state index in [2.05, 4.69) is 0 Å². The number of hydrogen-bond acceptors (Lipinski definition) is 4. The Kier molecular flexibility index (Phi) is 4.67. The zero-order valence-corrected chi connectivity index (χ0v) is 12.7. The van der Waals surface area contributed by atoms with Crippen molar-refractivity contribution in [2.45, 2.75) is 43.2 Å². The van der Waals surface area contributed by atoms with Crippen LogP contribution in [0.4, 0.5) is 0 Å². The van der Waals surface area contributed by atoms with Crippen molar-refractivity contribution in [2.24, 2.45) is 0 Å². The Hall–Kier alpha value is -1.11. The van der Waals surface area contributed by atoms with Crippen molar-refractivity contribution in [1.29, 1.82) is 0 Å². The molecule has 112 valence electrons. The topological polar surface area (TPSA) is 66.8 Å². The third kappa shape index (κ3) is 2.82. The predicted octanol–water partition coefficient (Wildman–Crippen LogP) is 1.75. The van der Waals surface area contributed by atoms with Gasteiger partial charge in [-0.15, -0.1) is 0 Å². The highest BCUT2D eigenvalue weighted by Crippen LogP contribution is 2.31. The molecule has 1 aliphatic rings. The minimum atomic E-state index is -3.56. The maximum atomic E-state index is 12.7. The molecule has 2 rings (SSSR count). The van der Waals surface area contributed by atoms with Crippen molar-refractivity contribution < 1.29 is 18.3 Å². The number of methoxy groups -OCH3 is 1. The Morgan fingerprint density at radius 3 is 2.55 bits per heavy atom. The zero-order valence-electron chi connectivity index (χ0n) is 11.9. The first kappa shape index (κ1) is 15.3. The molecule has 0 radical (unpaired) electrons. The van der Waals surface area contributed by atoms with Gasteiger partial charge in [0.1, 0.15) is 10.6 Å². The highest BCUT2D eigenvalue weighted by molar-refractivity contribution is 7.89. The number of nitrogens with zero attached hydrogens (tertiary/aromatic N) is 1. The standard InChI is InChI=1S/C14H21NO4S/c1-15(12-5-3-4-6-12)20(17,18)14-8-7-11(10-16)9-13(14)19-2/h7-9,12,16H,3-6,10H2,1-2H3. The second-order valence-electron chi connectivity index (χ2n) is 5.10. The van der Waals surface area contributed by atoms with E-state index in [1.54, 1.807) is 19.2 Å². The first-order valence-electron chi connectivity index (χ1n) is 6.76. The summed E-state index contributed by atoms with van der Waals surface area (Å²) in [4.78, 5) is 0.159. The van der Waals surface area contributed by atoms with Gasteiger partial charge in [0, 0.05) is 13.1 Å². The number of sulfonamides is 1. The van der Waals surface area contributed by atoms with E-state index in [1.165, 1.54) is 17.5 Å². The van der Waals surface area contributed by atoms with Crippen molar-refractivity contribution in [3.05, 3.63) is 23.8 Å². The van der Waals surface area contributed by atoms with Crippen LogP contribution >= 0.6 is 0 Å². The van der Waals surface area contributed by atoms with Gasteiger partial charge in [-0.05, 0) is 30.5 Å². The van der Waals surface area contributed by atoms with Gasteiger partial charge in [0.05, 0.1) is 13.7 Å². The molecule has 1 saturated carbocycles. The third-order valence-electron chi connectivity index (χ3n) is 3.91. The zero-order chi connectivity index (χ0) is 14.8. The molecule has 0 aliphatic heterocycles. The van der Waals surface area contributed by atoms with Crippen molar-refractivity contribution >= 4 is 10.0 Å². The smallest absolute Gasteiger partial charge is 0.246 e. The molecule has 1 fully saturated rings. The minimum absolute atomic E-state index is 0.0715. The molecule has 6 heteroatoms. The molecular weight excluding hydrogens is 278 g/mol. The summed E-state index contributed by atoms with van der Waals surface area (Å²) in [7, 11) is -0.498. The van der Waals surface area contributed by atoms with E-state index in [9.17, 15) is 8.42 Å². The highest BCUT2D eigenvalue weighted by Gasteiger charge is 2.32. The quantitative estimate of drug-likeness (QED) is 0.899. The molecule has 0 saturated heterocycles. The van der Waals surface area contributed by atoms with Crippen LogP contribution in [0.3, 0.4) is 0 Å². The molecule has 0 aromatic heterocycles. The first-order chi connectivity index (χ1) is 9.50. The number of aliphatic hydroxyl groups is 1. The number of hydrogen-bond donors (Lipinski definition) is 1. The van der Waals surface area contributed by atoms with E-state index < -0.39 is 10.0 Å². The van der Waals surface area contributed by atoms with Crippen LogP contribution < -0.4 is 4.74 Å². The molecule has 1 aromatic rings. The summed E-state index contributed by atoms with van der Waals surface area (Å²) >= 11 is 0. The van der Waals surface area contributed by atoms with Crippen molar-refractivity contribution in [3.63, 3.8) is 0 Å². The van der Waals surface area contributed by atoms with Gasteiger partial charge in [-0.2, -0.15) is 4.31 Å². The van der Waals surface area contributed by atoms with Gasteiger partial charge in [-0.1, -0.05) is 18.9 Å². The molecule has 0 atom stereocenters. The summed E-state index contributed by atoms with van der Waals surface area (Å²) in [6.45, 7) is -0.144. The van der Waals surface area contributed by atoms with Crippen molar-refractivity contribution in [2.75, 3.05) is 14.2 Å². The Morgan fingerprint density at radius 1 is 1.35 bits per heavy atom. The number of ether oxygens (including phenoxy) is 1. The summed E-state index contributed by atoms with van der Waals surface area (Å²) in [5, 5.41) is 9.12. The molecule has 5 nitrogen and oxygen atoms in total. The average molecular weight is 299 g/mol. The lowest BCUT2D eigenvalue weighted by atomic mass is 10.2. The van der Waals surface area contributed by atoms with Crippen LogP contribution in [0.15, 0.2) is 23.1 Å². The second-order valence-corrected chi connectivity index (χ2v) is 7.07. The average Bonchev–Trinajstić information content (AvgIpc) is 2.99. The lowest BCUT2D eigenvalue weighted by Gasteiger charge is -2.24. The molecule has 0 unspecified atom stereocenters. The third-order valence-corrected chi connectivity index (χ3v) is 5.86. The summed E-state index contributed by atoms with van der Waals surface area (Å²) < 4.78 is 32.0. The molecule has 0 bridgehead atoms. The van der Waals surface area contributed by atoms with Crippen molar-refractivity contribution in [3.8, 4) is 5.75 Å². The van der Waals surface area contributed by atoms with E-state index in [4.69, 9.17) is 9.84 Å². The van der Waals surface area contributed by atoms with Crippen LogP contribution in [-0.2, 0) is 16.6 Å². The van der Waals surface area contributed by atoms with Crippen LogP contribution in [-0.4, -0.2) is 38.0 Å². The lowest BCUT2D eigenvalue weighted by Crippen LogP contribution is -2.35. The maximum Gasteiger partial charge on any atom is 0.246 e. The van der Waals surface area contributed by atoms with Gasteiger partial charge in [0.25, 0.3) is 0 Å². The van der Waals surface area contributed by atoms with Crippen LogP contribution in [0.25, 0.3) is 0 Å². The molecule has 1 aromatic carbocycles. The Morgan fingerprint density at radius 2 is 2.00 bits per heavy atom. The van der Waals surface area contributed by atoms with Gasteiger partial charge in [-0.3, -0.25) is 0 Å². The molecular formula is C14H21NO4S.